The van der Waals surface area contributed by atoms with Crippen LogP contribution < -0.4 is 0 Å². The molecular formula is C14H14ClFN4O. The number of alkyl halides is 1. The summed E-state index contributed by atoms with van der Waals surface area (Å²) in [6.07, 6.45) is 2.60. The fourth-order valence-electron chi connectivity index (χ4n) is 2.34. The van der Waals surface area contributed by atoms with Crippen molar-refractivity contribution < 1.29 is 8.91 Å². The number of aromatic nitrogens is 4. The van der Waals surface area contributed by atoms with Crippen molar-refractivity contribution >= 4 is 22.6 Å². The molecule has 0 unspecified atom stereocenters. The molecule has 5 nitrogen and oxygen atoms in total. The molecule has 0 aliphatic heterocycles. The highest BCUT2D eigenvalue weighted by atomic mass is 35.5. The van der Waals surface area contributed by atoms with Gasteiger partial charge in [-0.2, -0.15) is 4.98 Å². The summed E-state index contributed by atoms with van der Waals surface area (Å²) >= 11 is 5.83. The molecule has 0 amide bonds. The fraction of sp³-hybridized carbons (Fsp3) is 0.357. The van der Waals surface area contributed by atoms with Gasteiger partial charge in [0.1, 0.15) is 11.6 Å². The van der Waals surface area contributed by atoms with E-state index in [1.165, 1.54) is 12.4 Å². The molecule has 0 aliphatic rings. The molecule has 2 heterocycles. The molecule has 0 saturated heterocycles. The molecule has 0 atom stereocenters. The van der Waals surface area contributed by atoms with Gasteiger partial charge in [-0.15, -0.1) is 11.6 Å². The minimum Gasteiger partial charge on any atom is -0.340 e. The van der Waals surface area contributed by atoms with Crippen LogP contribution >= 0.6 is 11.6 Å². The smallest absolute Gasteiger partial charge is 0.228 e. The van der Waals surface area contributed by atoms with E-state index in [0.717, 1.165) is 11.3 Å². The lowest BCUT2D eigenvalue weighted by molar-refractivity contribution is 0.371. The number of aryl methyl sites for hydroxylation is 4. The van der Waals surface area contributed by atoms with Gasteiger partial charge in [0.2, 0.25) is 5.89 Å². The summed E-state index contributed by atoms with van der Waals surface area (Å²) in [5.74, 6) is 1.62. The molecule has 1 aromatic carbocycles. The highest BCUT2D eigenvalue weighted by molar-refractivity contribution is 6.17. The number of halogens is 2. The van der Waals surface area contributed by atoms with Crippen LogP contribution in [0.5, 0.6) is 0 Å². The van der Waals surface area contributed by atoms with E-state index in [2.05, 4.69) is 15.1 Å². The van der Waals surface area contributed by atoms with E-state index in [-0.39, 0.29) is 5.82 Å². The quantitative estimate of drug-likeness (QED) is 0.680. The van der Waals surface area contributed by atoms with Crippen molar-refractivity contribution in [2.75, 3.05) is 5.88 Å². The van der Waals surface area contributed by atoms with Gasteiger partial charge in [0.25, 0.3) is 0 Å². The maximum atomic E-state index is 13.7. The summed E-state index contributed by atoms with van der Waals surface area (Å²) in [7, 11) is 0. The second-order valence-corrected chi connectivity index (χ2v) is 5.17. The predicted octanol–water partition coefficient (Wildman–Crippen LogP) is 2.89. The number of imidazole rings is 1. The minimum absolute atomic E-state index is 0.249. The second-order valence-electron chi connectivity index (χ2n) is 4.79. The molecule has 0 saturated carbocycles. The van der Waals surface area contributed by atoms with E-state index >= 15 is 0 Å². The van der Waals surface area contributed by atoms with Crippen molar-refractivity contribution in [3.05, 3.63) is 41.6 Å². The first kappa shape index (κ1) is 14.0. The van der Waals surface area contributed by atoms with Crippen LogP contribution in [-0.4, -0.2) is 25.6 Å². The maximum absolute atomic E-state index is 13.7. The molecule has 3 rings (SSSR count). The molecule has 7 heteroatoms. The number of nitrogens with zero attached hydrogens (tertiary/aromatic N) is 4. The van der Waals surface area contributed by atoms with Gasteiger partial charge < -0.3 is 9.09 Å². The standard InChI is InChI=1S/C14H14ClFN4O/c1-9-6-12-11(7-10(9)16)19-13(2-4-15)20(12)5-3-14-17-8-18-21-14/h6-8H,2-5H2,1H3. The lowest BCUT2D eigenvalue weighted by Crippen LogP contribution is -2.07. The average Bonchev–Trinajstić information content (AvgIpc) is 3.06. The summed E-state index contributed by atoms with van der Waals surface area (Å²) in [6, 6.07) is 3.27. The Morgan fingerprint density at radius 1 is 1.33 bits per heavy atom. The Labute approximate surface area is 125 Å². The summed E-state index contributed by atoms with van der Waals surface area (Å²) in [5, 5.41) is 3.59. The van der Waals surface area contributed by atoms with Crippen LogP contribution in [0.2, 0.25) is 0 Å². The molecule has 0 fully saturated rings. The molecule has 0 spiro atoms. The van der Waals surface area contributed by atoms with Gasteiger partial charge in [0.15, 0.2) is 6.33 Å². The lowest BCUT2D eigenvalue weighted by Gasteiger charge is -2.07. The van der Waals surface area contributed by atoms with E-state index in [1.54, 1.807) is 6.92 Å². The number of hydrogen-bond acceptors (Lipinski definition) is 4. The van der Waals surface area contributed by atoms with Gasteiger partial charge in [0, 0.05) is 31.3 Å². The van der Waals surface area contributed by atoms with Crippen LogP contribution in [0, 0.1) is 12.7 Å². The third-order valence-corrected chi connectivity index (χ3v) is 3.57. The normalized spacial score (nSPS) is 11.4. The Morgan fingerprint density at radius 3 is 2.90 bits per heavy atom. The Bertz CT molecular complexity index is 754. The Morgan fingerprint density at radius 2 is 2.19 bits per heavy atom. The third-order valence-electron chi connectivity index (χ3n) is 3.38. The predicted molar refractivity (Wildman–Crippen MR) is 76.9 cm³/mol. The van der Waals surface area contributed by atoms with E-state index in [9.17, 15) is 4.39 Å². The first-order chi connectivity index (χ1) is 10.2. The van der Waals surface area contributed by atoms with Crippen molar-refractivity contribution in [2.24, 2.45) is 0 Å². The Kier molecular flexibility index (Phi) is 3.88. The van der Waals surface area contributed by atoms with Crippen LogP contribution in [0.1, 0.15) is 17.3 Å². The molecule has 0 aliphatic carbocycles. The van der Waals surface area contributed by atoms with Crippen LogP contribution in [0.15, 0.2) is 23.0 Å². The summed E-state index contributed by atoms with van der Waals surface area (Å²) in [4.78, 5) is 8.48. The van der Waals surface area contributed by atoms with E-state index < -0.39 is 0 Å². The van der Waals surface area contributed by atoms with E-state index in [1.807, 2.05) is 10.6 Å². The number of fused-ring (bicyclic) bond motifs is 1. The zero-order valence-electron chi connectivity index (χ0n) is 11.5. The molecule has 21 heavy (non-hydrogen) atoms. The van der Waals surface area contributed by atoms with Gasteiger partial charge >= 0.3 is 0 Å². The summed E-state index contributed by atoms with van der Waals surface area (Å²) in [6.45, 7) is 2.38. The van der Waals surface area contributed by atoms with Crippen LogP contribution in [0.4, 0.5) is 4.39 Å². The van der Waals surface area contributed by atoms with Gasteiger partial charge in [-0.1, -0.05) is 5.16 Å². The van der Waals surface area contributed by atoms with Crippen molar-refractivity contribution in [2.45, 2.75) is 26.3 Å². The zero-order chi connectivity index (χ0) is 14.8. The topological polar surface area (TPSA) is 56.7 Å². The fourth-order valence-corrected chi connectivity index (χ4v) is 2.51. The molecule has 2 aromatic heterocycles. The van der Waals surface area contributed by atoms with Crippen molar-refractivity contribution in [1.29, 1.82) is 0 Å². The zero-order valence-corrected chi connectivity index (χ0v) is 12.3. The van der Waals surface area contributed by atoms with Gasteiger partial charge in [-0.3, -0.25) is 0 Å². The second kappa shape index (κ2) is 5.81. The lowest BCUT2D eigenvalue weighted by atomic mass is 10.2. The summed E-state index contributed by atoms with van der Waals surface area (Å²) < 4.78 is 20.7. The van der Waals surface area contributed by atoms with Crippen molar-refractivity contribution in [3.63, 3.8) is 0 Å². The average molecular weight is 309 g/mol. The van der Waals surface area contributed by atoms with Gasteiger partial charge in [-0.05, 0) is 18.6 Å². The Hall–Kier alpha value is -1.95. The molecular weight excluding hydrogens is 295 g/mol. The van der Waals surface area contributed by atoms with E-state index in [0.29, 0.717) is 42.2 Å². The largest absolute Gasteiger partial charge is 0.340 e. The number of benzene rings is 1. The van der Waals surface area contributed by atoms with Crippen LogP contribution in [0.3, 0.4) is 0 Å². The molecule has 3 aromatic rings. The van der Waals surface area contributed by atoms with Crippen molar-refractivity contribution in [3.8, 4) is 0 Å². The third kappa shape index (κ3) is 2.76. The number of hydrogen-bond donors (Lipinski definition) is 0. The minimum atomic E-state index is -0.249. The highest BCUT2D eigenvalue weighted by Gasteiger charge is 2.13. The Balaban J connectivity index is 2.00. The van der Waals surface area contributed by atoms with Gasteiger partial charge in [0.05, 0.1) is 11.0 Å². The first-order valence-electron chi connectivity index (χ1n) is 6.66. The van der Waals surface area contributed by atoms with Crippen LogP contribution in [-0.2, 0) is 19.4 Å². The SMILES string of the molecule is Cc1cc2c(cc1F)nc(CCCl)n2CCc1ncno1. The maximum Gasteiger partial charge on any atom is 0.228 e. The van der Waals surface area contributed by atoms with Crippen LogP contribution in [0.25, 0.3) is 11.0 Å². The number of rotatable bonds is 5. The van der Waals surface area contributed by atoms with E-state index in [4.69, 9.17) is 16.1 Å². The molecule has 110 valence electrons. The molecule has 0 N–H and O–H groups in total. The van der Waals surface area contributed by atoms with Crippen molar-refractivity contribution in [1.82, 2.24) is 19.7 Å². The monoisotopic (exact) mass is 308 g/mol. The summed E-state index contributed by atoms with van der Waals surface area (Å²) in [5.41, 5.74) is 2.14. The first-order valence-corrected chi connectivity index (χ1v) is 7.19. The highest BCUT2D eigenvalue weighted by Crippen LogP contribution is 2.21. The molecule has 0 bridgehead atoms. The van der Waals surface area contributed by atoms with Gasteiger partial charge in [-0.25, -0.2) is 9.37 Å². The molecule has 0 radical (unpaired) electrons.